The predicted octanol–water partition coefficient (Wildman–Crippen LogP) is 11.8. The molecule has 6 rings (SSSR count). The van der Waals surface area contributed by atoms with Crippen molar-refractivity contribution in [3.63, 3.8) is 0 Å². The van der Waals surface area contributed by atoms with Crippen molar-refractivity contribution in [2.75, 3.05) is 11.5 Å². The highest BCUT2D eigenvalue weighted by Gasteiger charge is 2.23. The molecule has 0 aliphatic rings. The van der Waals surface area contributed by atoms with Crippen LogP contribution in [0.2, 0.25) is 10.0 Å². The zero-order valence-electron chi connectivity index (χ0n) is 23.4. The maximum Gasteiger partial charge on any atom is 0.132 e. The summed E-state index contributed by atoms with van der Waals surface area (Å²) in [6, 6.07) is 20.0. The van der Waals surface area contributed by atoms with E-state index >= 15 is 0 Å². The fourth-order valence-electron chi connectivity index (χ4n) is 4.82. The fourth-order valence-corrected chi connectivity index (χ4v) is 9.51. The summed E-state index contributed by atoms with van der Waals surface area (Å²) >= 11 is 16.8. The SMILES string of the molecule is CC(C)c1cc2c(-c3ccccc3Cl)c(N)c(SSc3nc4sc(C(C)C)cc4c(-c4ccccc4Cl)c3N)nc2s1. The van der Waals surface area contributed by atoms with Crippen LogP contribution in [-0.2, 0) is 0 Å². The Morgan fingerprint density at radius 1 is 0.643 bits per heavy atom. The lowest BCUT2D eigenvalue weighted by molar-refractivity contribution is 0.890. The minimum absolute atomic E-state index is 0.371. The van der Waals surface area contributed by atoms with Gasteiger partial charge in [0.15, 0.2) is 0 Å². The van der Waals surface area contributed by atoms with E-state index in [0.29, 0.717) is 43.3 Å². The Morgan fingerprint density at radius 2 is 1.02 bits per heavy atom. The molecular formula is C32H28Cl2N4S4. The minimum atomic E-state index is 0.371. The van der Waals surface area contributed by atoms with Crippen molar-refractivity contribution in [3.05, 3.63) is 80.5 Å². The van der Waals surface area contributed by atoms with Crippen LogP contribution in [0.25, 0.3) is 42.7 Å². The number of hydrogen-bond acceptors (Lipinski definition) is 8. The highest BCUT2D eigenvalue weighted by Crippen LogP contribution is 2.51. The minimum Gasteiger partial charge on any atom is -0.396 e. The fraction of sp³-hybridized carbons (Fsp3) is 0.188. The summed E-state index contributed by atoms with van der Waals surface area (Å²) in [5, 5.41) is 4.74. The Kier molecular flexibility index (Phi) is 8.39. The first kappa shape index (κ1) is 29.6. The lowest BCUT2D eigenvalue weighted by atomic mass is 10.0. The summed E-state index contributed by atoms with van der Waals surface area (Å²) < 4.78 is 0. The lowest BCUT2D eigenvalue weighted by Crippen LogP contribution is -1.98. The predicted molar refractivity (Wildman–Crippen MR) is 189 cm³/mol. The molecule has 42 heavy (non-hydrogen) atoms. The normalized spacial score (nSPS) is 11.9. The number of nitrogen functional groups attached to an aromatic ring is 2. The molecule has 4 aromatic heterocycles. The molecule has 0 saturated carbocycles. The number of benzene rings is 2. The van der Waals surface area contributed by atoms with Crippen LogP contribution in [0.4, 0.5) is 11.4 Å². The average molecular weight is 668 g/mol. The van der Waals surface area contributed by atoms with E-state index in [4.69, 9.17) is 44.6 Å². The molecule has 4 N–H and O–H groups in total. The summed E-state index contributed by atoms with van der Waals surface area (Å²) in [7, 11) is 2.93. The molecule has 4 nitrogen and oxygen atoms in total. The molecule has 0 spiro atoms. The Bertz CT molecular complexity index is 1820. The van der Waals surface area contributed by atoms with E-state index in [1.165, 1.54) is 31.3 Å². The van der Waals surface area contributed by atoms with E-state index in [1.807, 2.05) is 48.5 Å². The Balaban J connectivity index is 1.49. The Hall–Kier alpha value is -2.46. The molecule has 0 aliphatic carbocycles. The molecule has 4 heterocycles. The monoisotopic (exact) mass is 666 g/mol. The van der Waals surface area contributed by atoms with Crippen LogP contribution in [0, 0.1) is 0 Å². The van der Waals surface area contributed by atoms with Crippen molar-refractivity contribution in [2.24, 2.45) is 0 Å². The van der Waals surface area contributed by atoms with Crippen LogP contribution >= 0.6 is 67.5 Å². The van der Waals surface area contributed by atoms with Crippen LogP contribution in [0.1, 0.15) is 49.3 Å². The first-order valence-corrected chi connectivity index (χ1v) is 18.0. The first-order chi connectivity index (χ1) is 20.1. The quantitative estimate of drug-likeness (QED) is 0.165. The lowest BCUT2D eigenvalue weighted by Gasteiger charge is -2.15. The van der Waals surface area contributed by atoms with Gasteiger partial charge in [0.05, 0.1) is 11.4 Å². The Morgan fingerprint density at radius 3 is 1.38 bits per heavy atom. The number of hydrogen-bond donors (Lipinski definition) is 2. The molecule has 0 fully saturated rings. The Labute approximate surface area is 271 Å². The summed E-state index contributed by atoms with van der Waals surface area (Å²) in [5.41, 5.74) is 18.6. The second-order valence-corrected chi connectivity index (χ2v) is 15.6. The highest BCUT2D eigenvalue weighted by atomic mass is 35.5. The zero-order chi connectivity index (χ0) is 29.7. The molecule has 10 heteroatoms. The number of anilines is 2. The van der Waals surface area contributed by atoms with E-state index < -0.39 is 0 Å². The standard InChI is InChI=1S/C32H28Cl2N4S4/c1-15(2)23-13-19-25(17-9-5-7-11-21(17)33)27(35)31(37-29(19)39-23)41-42-32-28(36)26(18-10-6-8-12-22(18)34)20-14-24(16(3)4)40-30(20)38-32/h5-16H,35-36H2,1-4H3. The molecule has 0 amide bonds. The zero-order valence-corrected chi connectivity index (χ0v) is 28.1. The number of thiophene rings is 2. The van der Waals surface area contributed by atoms with Crippen LogP contribution in [0.3, 0.4) is 0 Å². The third-order valence-corrected chi connectivity index (χ3v) is 12.6. The van der Waals surface area contributed by atoms with E-state index in [-0.39, 0.29) is 0 Å². The van der Waals surface area contributed by atoms with Crippen LogP contribution in [0.5, 0.6) is 0 Å². The molecule has 0 atom stereocenters. The first-order valence-electron chi connectivity index (χ1n) is 13.4. The maximum absolute atomic E-state index is 6.89. The number of nitrogens with zero attached hydrogens (tertiary/aromatic N) is 2. The molecule has 0 bridgehead atoms. The topological polar surface area (TPSA) is 77.8 Å². The van der Waals surface area contributed by atoms with E-state index in [0.717, 1.165) is 42.7 Å². The van der Waals surface area contributed by atoms with Crippen molar-refractivity contribution in [2.45, 2.75) is 49.6 Å². The van der Waals surface area contributed by atoms with Gasteiger partial charge in [0.25, 0.3) is 0 Å². The second kappa shape index (κ2) is 11.9. The van der Waals surface area contributed by atoms with Gasteiger partial charge < -0.3 is 11.5 Å². The number of nitrogens with two attached hydrogens (primary N) is 2. The maximum atomic E-state index is 6.89. The molecule has 0 radical (unpaired) electrons. The second-order valence-electron chi connectivity index (χ2n) is 10.6. The van der Waals surface area contributed by atoms with Crippen LogP contribution in [0.15, 0.2) is 70.7 Å². The number of halogens is 2. The molecule has 6 aromatic rings. The van der Waals surface area contributed by atoms with Gasteiger partial charge in [0.1, 0.15) is 19.7 Å². The van der Waals surface area contributed by atoms with E-state index in [9.17, 15) is 0 Å². The van der Waals surface area contributed by atoms with Gasteiger partial charge in [-0.05, 0) is 57.7 Å². The molecular weight excluding hydrogens is 640 g/mol. The summed E-state index contributed by atoms with van der Waals surface area (Å²) in [6.07, 6.45) is 0. The highest BCUT2D eigenvalue weighted by molar-refractivity contribution is 8.76. The summed E-state index contributed by atoms with van der Waals surface area (Å²) in [5.74, 6) is 0.742. The number of pyridine rings is 2. The van der Waals surface area contributed by atoms with Gasteiger partial charge in [0, 0.05) is 52.8 Å². The van der Waals surface area contributed by atoms with Gasteiger partial charge in [-0.15, -0.1) is 22.7 Å². The van der Waals surface area contributed by atoms with E-state index in [1.54, 1.807) is 22.7 Å². The van der Waals surface area contributed by atoms with Gasteiger partial charge in [-0.25, -0.2) is 9.97 Å². The van der Waals surface area contributed by atoms with Crippen molar-refractivity contribution in [1.82, 2.24) is 9.97 Å². The van der Waals surface area contributed by atoms with Gasteiger partial charge in [-0.2, -0.15) is 0 Å². The molecule has 214 valence electrons. The number of fused-ring (bicyclic) bond motifs is 2. The summed E-state index contributed by atoms with van der Waals surface area (Å²) in [6.45, 7) is 8.74. The molecule has 0 unspecified atom stereocenters. The van der Waals surface area contributed by atoms with Crippen molar-refractivity contribution < 1.29 is 0 Å². The largest absolute Gasteiger partial charge is 0.396 e. The molecule has 0 aliphatic heterocycles. The summed E-state index contributed by atoms with van der Waals surface area (Å²) in [4.78, 5) is 14.4. The third kappa shape index (κ3) is 5.38. The smallest absolute Gasteiger partial charge is 0.132 e. The van der Waals surface area contributed by atoms with Gasteiger partial charge in [-0.1, -0.05) is 87.3 Å². The van der Waals surface area contributed by atoms with Gasteiger partial charge in [0.2, 0.25) is 0 Å². The van der Waals surface area contributed by atoms with Crippen molar-refractivity contribution in [1.29, 1.82) is 0 Å². The van der Waals surface area contributed by atoms with Gasteiger partial charge in [-0.3, -0.25) is 0 Å². The van der Waals surface area contributed by atoms with E-state index in [2.05, 4.69) is 39.8 Å². The van der Waals surface area contributed by atoms with Crippen molar-refractivity contribution in [3.8, 4) is 22.3 Å². The van der Waals surface area contributed by atoms with Crippen molar-refractivity contribution >= 4 is 99.3 Å². The third-order valence-electron chi connectivity index (χ3n) is 7.03. The van der Waals surface area contributed by atoms with Crippen LogP contribution < -0.4 is 11.5 Å². The molecule has 0 saturated heterocycles. The number of aromatic nitrogens is 2. The number of rotatable bonds is 7. The average Bonchev–Trinajstić information content (AvgIpc) is 3.58. The molecule has 2 aromatic carbocycles. The van der Waals surface area contributed by atoms with Crippen LogP contribution in [-0.4, -0.2) is 9.97 Å². The van der Waals surface area contributed by atoms with Gasteiger partial charge >= 0.3 is 0 Å².